The fourth-order valence-corrected chi connectivity index (χ4v) is 1.46. The van der Waals surface area contributed by atoms with Gasteiger partial charge in [0.25, 0.3) is 0 Å². The predicted molar refractivity (Wildman–Crippen MR) is 66.4 cm³/mol. The average Bonchev–Trinajstić information content (AvgIpc) is 2.33. The Morgan fingerprint density at radius 3 is 2.82 bits per heavy atom. The second-order valence-electron chi connectivity index (χ2n) is 3.39. The van der Waals surface area contributed by atoms with Crippen molar-refractivity contribution in [3.63, 3.8) is 0 Å². The summed E-state index contributed by atoms with van der Waals surface area (Å²) < 4.78 is 5.32. The molecule has 0 aliphatic rings. The molecule has 4 heteroatoms. The summed E-state index contributed by atoms with van der Waals surface area (Å²) in [4.78, 5) is 12.4. The molecule has 17 heavy (non-hydrogen) atoms. The van der Waals surface area contributed by atoms with Crippen LogP contribution in [0.15, 0.2) is 24.3 Å². The number of anilines is 1. The first-order valence-corrected chi connectivity index (χ1v) is 5.36. The van der Waals surface area contributed by atoms with Crippen LogP contribution < -0.4 is 9.64 Å². The van der Waals surface area contributed by atoms with E-state index < -0.39 is 6.09 Å². The van der Waals surface area contributed by atoms with Gasteiger partial charge in [-0.05, 0) is 18.6 Å². The number of hydrogen-bond acceptors (Lipinski definition) is 2. The number of ether oxygens (including phenoxy) is 1. The smallest absolute Gasteiger partial charge is 0.411 e. The van der Waals surface area contributed by atoms with Crippen molar-refractivity contribution in [1.82, 2.24) is 0 Å². The highest BCUT2D eigenvalue weighted by molar-refractivity contribution is 5.88. The van der Waals surface area contributed by atoms with E-state index in [0.29, 0.717) is 18.0 Å². The molecule has 0 heterocycles. The number of carbonyl (C=O) groups is 1. The Balaban J connectivity index is 3.01. The summed E-state index contributed by atoms with van der Waals surface area (Å²) in [6, 6.07) is 6.96. The van der Waals surface area contributed by atoms with E-state index in [0.717, 1.165) is 6.42 Å². The summed E-state index contributed by atoms with van der Waals surface area (Å²) in [5, 5.41) is 9.14. The van der Waals surface area contributed by atoms with E-state index in [1.165, 1.54) is 4.90 Å². The molecule has 0 radical (unpaired) electrons. The Bertz CT molecular complexity index is 423. The molecule has 0 aliphatic heterocycles. The molecular formula is C13H15NO3. The van der Waals surface area contributed by atoms with Gasteiger partial charge < -0.3 is 9.84 Å². The van der Waals surface area contributed by atoms with Crippen molar-refractivity contribution >= 4 is 11.8 Å². The van der Waals surface area contributed by atoms with E-state index in [2.05, 4.69) is 5.92 Å². The average molecular weight is 233 g/mol. The maximum atomic E-state index is 11.1. The molecule has 0 fully saturated rings. The maximum absolute atomic E-state index is 11.1. The van der Waals surface area contributed by atoms with Crippen molar-refractivity contribution in [3.8, 4) is 18.1 Å². The van der Waals surface area contributed by atoms with Crippen molar-refractivity contribution < 1.29 is 14.6 Å². The standard InChI is InChI=1S/C13H15NO3/c1-3-9-14(13(15)16)11-7-5-6-8-12(11)17-10-4-2/h2,5-8H,3,9-10H2,1H3,(H,15,16). The molecule has 1 N–H and O–H groups in total. The third kappa shape index (κ3) is 3.42. The quantitative estimate of drug-likeness (QED) is 0.795. The molecule has 0 aromatic heterocycles. The van der Waals surface area contributed by atoms with Crippen molar-refractivity contribution in [2.75, 3.05) is 18.1 Å². The molecular weight excluding hydrogens is 218 g/mol. The van der Waals surface area contributed by atoms with Gasteiger partial charge in [0.1, 0.15) is 12.4 Å². The van der Waals surface area contributed by atoms with Gasteiger partial charge in [0, 0.05) is 6.54 Å². The van der Waals surface area contributed by atoms with Gasteiger partial charge in [0.15, 0.2) is 0 Å². The van der Waals surface area contributed by atoms with Gasteiger partial charge in [-0.2, -0.15) is 0 Å². The van der Waals surface area contributed by atoms with Crippen LogP contribution in [0.3, 0.4) is 0 Å². The molecule has 0 aliphatic carbocycles. The lowest BCUT2D eigenvalue weighted by Crippen LogP contribution is -2.30. The predicted octanol–water partition coefficient (Wildman–Crippen LogP) is 2.59. The Labute approximate surface area is 101 Å². The second-order valence-corrected chi connectivity index (χ2v) is 3.39. The fourth-order valence-electron chi connectivity index (χ4n) is 1.46. The highest BCUT2D eigenvalue weighted by Crippen LogP contribution is 2.28. The number of hydrogen-bond donors (Lipinski definition) is 1. The number of rotatable bonds is 5. The third-order valence-electron chi connectivity index (χ3n) is 2.15. The summed E-state index contributed by atoms with van der Waals surface area (Å²) in [6.45, 7) is 2.46. The Kier molecular flexibility index (Phi) is 4.89. The molecule has 0 atom stereocenters. The summed E-state index contributed by atoms with van der Waals surface area (Å²) in [7, 11) is 0. The zero-order valence-corrected chi connectivity index (χ0v) is 9.72. The van der Waals surface area contributed by atoms with Crippen LogP contribution in [0.2, 0.25) is 0 Å². The number of terminal acetylenes is 1. The lowest BCUT2D eigenvalue weighted by molar-refractivity contribution is 0.201. The van der Waals surface area contributed by atoms with Crippen LogP contribution in [0.5, 0.6) is 5.75 Å². The monoisotopic (exact) mass is 233 g/mol. The molecule has 1 amide bonds. The molecule has 1 aromatic carbocycles. The third-order valence-corrected chi connectivity index (χ3v) is 2.15. The Morgan fingerprint density at radius 1 is 1.53 bits per heavy atom. The largest absolute Gasteiger partial charge is 0.479 e. The minimum atomic E-state index is -0.997. The van der Waals surface area contributed by atoms with Crippen LogP contribution in [-0.2, 0) is 0 Å². The molecule has 0 saturated heterocycles. The molecule has 1 rings (SSSR count). The SMILES string of the molecule is C#CCOc1ccccc1N(CCC)C(=O)O. The number of nitrogens with zero attached hydrogens (tertiary/aromatic N) is 1. The molecule has 0 spiro atoms. The minimum absolute atomic E-state index is 0.122. The summed E-state index contributed by atoms with van der Waals surface area (Å²) in [5.41, 5.74) is 0.525. The van der Waals surface area contributed by atoms with Gasteiger partial charge in [-0.25, -0.2) is 4.79 Å². The molecule has 4 nitrogen and oxygen atoms in total. The first-order valence-electron chi connectivity index (χ1n) is 5.36. The van der Waals surface area contributed by atoms with E-state index in [-0.39, 0.29) is 6.61 Å². The van der Waals surface area contributed by atoms with E-state index in [9.17, 15) is 4.79 Å². The highest BCUT2D eigenvalue weighted by Gasteiger charge is 2.17. The normalized spacial score (nSPS) is 9.41. The number of amides is 1. The number of benzene rings is 1. The number of carboxylic acid groups (broad SMARTS) is 1. The van der Waals surface area contributed by atoms with Gasteiger partial charge in [-0.15, -0.1) is 6.42 Å². The van der Waals surface area contributed by atoms with Crippen LogP contribution in [0.25, 0.3) is 0 Å². The van der Waals surface area contributed by atoms with Crippen LogP contribution in [0.1, 0.15) is 13.3 Å². The van der Waals surface area contributed by atoms with Crippen LogP contribution in [0, 0.1) is 12.3 Å². The van der Waals surface area contributed by atoms with Gasteiger partial charge in [-0.3, -0.25) is 4.90 Å². The highest BCUT2D eigenvalue weighted by atomic mass is 16.5. The summed E-state index contributed by atoms with van der Waals surface area (Å²) in [5.74, 6) is 2.84. The lowest BCUT2D eigenvalue weighted by Gasteiger charge is -2.21. The van der Waals surface area contributed by atoms with Crippen molar-refractivity contribution in [2.45, 2.75) is 13.3 Å². The van der Waals surface area contributed by atoms with E-state index >= 15 is 0 Å². The van der Waals surface area contributed by atoms with E-state index in [4.69, 9.17) is 16.3 Å². The molecule has 0 unspecified atom stereocenters. The summed E-state index contributed by atoms with van der Waals surface area (Å²) >= 11 is 0. The molecule has 0 saturated carbocycles. The van der Waals surface area contributed by atoms with E-state index in [1.54, 1.807) is 24.3 Å². The van der Waals surface area contributed by atoms with Gasteiger partial charge in [0.05, 0.1) is 5.69 Å². The molecule has 90 valence electrons. The topological polar surface area (TPSA) is 49.8 Å². The first kappa shape index (κ1) is 12.9. The maximum Gasteiger partial charge on any atom is 0.411 e. The van der Waals surface area contributed by atoms with Crippen molar-refractivity contribution in [3.05, 3.63) is 24.3 Å². The molecule has 0 bridgehead atoms. The summed E-state index contributed by atoms with van der Waals surface area (Å²) in [6.07, 6.45) is 4.85. The lowest BCUT2D eigenvalue weighted by atomic mass is 10.2. The second kappa shape index (κ2) is 6.44. The number of para-hydroxylation sites is 2. The van der Waals surface area contributed by atoms with E-state index in [1.807, 2.05) is 6.92 Å². The minimum Gasteiger partial charge on any atom is -0.479 e. The zero-order valence-electron chi connectivity index (χ0n) is 9.72. The molecule has 1 aromatic rings. The van der Waals surface area contributed by atoms with Crippen molar-refractivity contribution in [2.24, 2.45) is 0 Å². The fraction of sp³-hybridized carbons (Fsp3) is 0.308. The van der Waals surface area contributed by atoms with Crippen LogP contribution in [-0.4, -0.2) is 24.4 Å². The van der Waals surface area contributed by atoms with Crippen LogP contribution in [0.4, 0.5) is 10.5 Å². The van der Waals surface area contributed by atoms with Crippen LogP contribution >= 0.6 is 0 Å². The van der Waals surface area contributed by atoms with Gasteiger partial charge in [0.2, 0.25) is 0 Å². The van der Waals surface area contributed by atoms with Crippen molar-refractivity contribution in [1.29, 1.82) is 0 Å². The van der Waals surface area contributed by atoms with Gasteiger partial charge >= 0.3 is 6.09 Å². The van der Waals surface area contributed by atoms with Gasteiger partial charge in [-0.1, -0.05) is 25.0 Å². The zero-order chi connectivity index (χ0) is 12.7. The first-order chi connectivity index (χ1) is 8.20. The Morgan fingerprint density at radius 2 is 2.24 bits per heavy atom. The Hall–Kier alpha value is -2.15.